The third-order valence-corrected chi connectivity index (χ3v) is 3.79. The van der Waals surface area contributed by atoms with Crippen molar-refractivity contribution in [1.82, 2.24) is 9.71 Å². The molecular formula is C10H13N3O2S. The first-order chi connectivity index (χ1) is 7.47. The summed E-state index contributed by atoms with van der Waals surface area (Å²) < 4.78 is 25.3. The number of aromatic nitrogens is 1. The maximum Gasteiger partial charge on any atom is 0.228 e. The molecule has 0 aromatic carbocycles. The summed E-state index contributed by atoms with van der Waals surface area (Å²) in [5.41, 5.74) is 1.58. The van der Waals surface area contributed by atoms with Gasteiger partial charge < -0.3 is 0 Å². The van der Waals surface area contributed by atoms with Gasteiger partial charge in [0.05, 0.1) is 18.3 Å². The van der Waals surface area contributed by atoms with Crippen LogP contribution in [0.3, 0.4) is 0 Å². The standard InChI is InChI=1S/C10H13N3O2S/c1-8-4-3-5-12-10(8)7-13-16(14,15)9(2)6-11/h3-5,9,13H,7H2,1-2H3. The van der Waals surface area contributed by atoms with Crippen LogP contribution in [-0.2, 0) is 16.6 Å². The Hall–Kier alpha value is -1.45. The zero-order valence-corrected chi connectivity index (χ0v) is 9.95. The second-order valence-corrected chi connectivity index (χ2v) is 5.49. The van der Waals surface area contributed by atoms with Gasteiger partial charge in [-0.05, 0) is 25.5 Å². The molecule has 0 aliphatic carbocycles. The van der Waals surface area contributed by atoms with E-state index in [4.69, 9.17) is 5.26 Å². The Morgan fingerprint density at radius 1 is 1.62 bits per heavy atom. The molecule has 16 heavy (non-hydrogen) atoms. The highest BCUT2D eigenvalue weighted by atomic mass is 32.2. The molecule has 1 rings (SSSR count). The van der Waals surface area contributed by atoms with Gasteiger partial charge in [-0.15, -0.1) is 0 Å². The normalized spacial score (nSPS) is 13.1. The summed E-state index contributed by atoms with van der Waals surface area (Å²) in [6, 6.07) is 5.32. The fraction of sp³-hybridized carbons (Fsp3) is 0.400. The minimum atomic E-state index is -3.58. The van der Waals surface area contributed by atoms with E-state index in [9.17, 15) is 8.42 Å². The van der Waals surface area contributed by atoms with Crippen LogP contribution in [0, 0.1) is 18.3 Å². The molecule has 0 aliphatic rings. The summed E-state index contributed by atoms with van der Waals surface area (Å²) in [6.45, 7) is 3.30. The van der Waals surface area contributed by atoms with Crippen LogP contribution in [0.4, 0.5) is 0 Å². The molecule has 6 heteroatoms. The van der Waals surface area contributed by atoms with Crippen LogP contribution < -0.4 is 4.72 Å². The Morgan fingerprint density at radius 3 is 2.88 bits per heavy atom. The van der Waals surface area contributed by atoms with Gasteiger partial charge in [0.1, 0.15) is 0 Å². The first-order valence-corrected chi connectivity index (χ1v) is 6.30. The molecule has 0 radical (unpaired) electrons. The Morgan fingerprint density at radius 2 is 2.31 bits per heavy atom. The fourth-order valence-electron chi connectivity index (χ4n) is 1.07. The molecule has 1 aromatic heterocycles. The lowest BCUT2D eigenvalue weighted by atomic mass is 10.2. The SMILES string of the molecule is Cc1cccnc1CNS(=O)(=O)C(C)C#N. The highest BCUT2D eigenvalue weighted by molar-refractivity contribution is 7.90. The molecular weight excluding hydrogens is 226 g/mol. The van der Waals surface area contributed by atoms with E-state index in [0.29, 0.717) is 5.69 Å². The van der Waals surface area contributed by atoms with Gasteiger partial charge in [-0.25, -0.2) is 13.1 Å². The molecule has 1 heterocycles. The van der Waals surface area contributed by atoms with Gasteiger partial charge in [0.15, 0.2) is 5.25 Å². The average molecular weight is 239 g/mol. The molecule has 0 amide bonds. The van der Waals surface area contributed by atoms with Crippen molar-refractivity contribution in [2.45, 2.75) is 25.6 Å². The summed E-state index contributed by atoms with van der Waals surface area (Å²) in [7, 11) is -3.58. The first-order valence-electron chi connectivity index (χ1n) is 4.76. The molecule has 1 N–H and O–H groups in total. The van der Waals surface area contributed by atoms with E-state index < -0.39 is 15.3 Å². The van der Waals surface area contributed by atoms with Gasteiger partial charge in [0.2, 0.25) is 10.0 Å². The second kappa shape index (κ2) is 5.05. The molecule has 86 valence electrons. The molecule has 0 fully saturated rings. The fourth-order valence-corrected chi connectivity index (χ4v) is 1.79. The van der Waals surface area contributed by atoms with Crippen molar-refractivity contribution in [2.75, 3.05) is 0 Å². The molecule has 0 saturated carbocycles. The number of sulfonamides is 1. The largest absolute Gasteiger partial charge is 0.260 e. The molecule has 1 aromatic rings. The molecule has 0 aliphatic heterocycles. The van der Waals surface area contributed by atoms with Crippen LogP contribution in [0.2, 0.25) is 0 Å². The van der Waals surface area contributed by atoms with Crippen molar-refractivity contribution >= 4 is 10.0 Å². The predicted octanol–water partition coefficient (Wildman–Crippen LogP) is 0.722. The summed E-state index contributed by atoms with van der Waals surface area (Å²) in [6.07, 6.45) is 1.60. The molecule has 0 bridgehead atoms. The number of aryl methyl sites for hydroxylation is 1. The maximum atomic E-state index is 11.5. The van der Waals surface area contributed by atoms with E-state index in [-0.39, 0.29) is 6.54 Å². The lowest BCUT2D eigenvalue weighted by Gasteiger charge is -2.08. The van der Waals surface area contributed by atoms with E-state index in [1.807, 2.05) is 13.0 Å². The van der Waals surface area contributed by atoms with Crippen LogP contribution in [-0.4, -0.2) is 18.7 Å². The number of pyridine rings is 1. The number of nitrogens with one attached hydrogen (secondary N) is 1. The third kappa shape index (κ3) is 3.02. The van der Waals surface area contributed by atoms with Gasteiger partial charge >= 0.3 is 0 Å². The van der Waals surface area contributed by atoms with Gasteiger partial charge in [-0.1, -0.05) is 6.07 Å². The lowest BCUT2D eigenvalue weighted by Crippen LogP contribution is -2.31. The number of rotatable bonds is 4. The Bertz CT molecular complexity index is 505. The van der Waals surface area contributed by atoms with Crippen molar-refractivity contribution in [3.8, 4) is 6.07 Å². The van der Waals surface area contributed by atoms with Crippen molar-refractivity contribution in [1.29, 1.82) is 5.26 Å². The topological polar surface area (TPSA) is 82.8 Å². The maximum absolute atomic E-state index is 11.5. The zero-order chi connectivity index (χ0) is 12.2. The Balaban J connectivity index is 2.74. The Kier molecular flexibility index (Phi) is 3.99. The lowest BCUT2D eigenvalue weighted by molar-refractivity contribution is 0.576. The second-order valence-electron chi connectivity index (χ2n) is 3.40. The summed E-state index contributed by atoms with van der Waals surface area (Å²) in [4.78, 5) is 4.06. The van der Waals surface area contributed by atoms with Crippen LogP contribution in [0.5, 0.6) is 0 Å². The van der Waals surface area contributed by atoms with Gasteiger partial charge in [-0.2, -0.15) is 5.26 Å². The van der Waals surface area contributed by atoms with E-state index in [1.54, 1.807) is 18.3 Å². The van der Waals surface area contributed by atoms with Gasteiger partial charge in [0, 0.05) is 6.20 Å². The third-order valence-electron chi connectivity index (χ3n) is 2.21. The van der Waals surface area contributed by atoms with Crippen LogP contribution in [0.25, 0.3) is 0 Å². The summed E-state index contributed by atoms with van der Waals surface area (Å²) in [5.74, 6) is 0. The molecule has 1 atom stereocenters. The minimum absolute atomic E-state index is 0.112. The summed E-state index contributed by atoms with van der Waals surface area (Å²) in [5, 5.41) is 7.48. The average Bonchev–Trinajstić information content (AvgIpc) is 2.27. The molecule has 0 saturated heterocycles. The van der Waals surface area contributed by atoms with Gasteiger partial charge in [0.25, 0.3) is 0 Å². The predicted molar refractivity (Wildman–Crippen MR) is 59.8 cm³/mol. The highest BCUT2D eigenvalue weighted by Gasteiger charge is 2.19. The van der Waals surface area contributed by atoms with Gasteiger partial charge in [-0.3, -0.25) is 4.98 Å². The highest BCUT2D eigenvalue weighted by Crippen LogP contribution is 2.04. The number of nitrogens with zero attached hydrogens (tertiary/aromatic N) is 2. The molecule has 5 nitrogen and oxygen atoms in total. The zero-order valence-electron chi connectivity index (χ0n) is 9.14. The minimum Gasteiger partial charge on any atom is -0.260 e. The van der Waals surface area contributed by atoms with E-state index >= 15 is 0 Å². The van der Waals surface area contributed by atoms with E-state index in [1.165, 1.54) is 6.92 Å². The monoisotopic (exact) mass is 239 g/mol. The molecule has 0 spiro atoms. The Labute approximate surface area is 95.2 Å². The number of nitriles is 1. The van der Waals surface area contributed by atoms with Crippen LogP contribution >= 0.6 is 0 Å². The number of hydrogen-bond acceptors (Lipinski definition) is 4. The molecule has 1 unspecified atom stereocenters. The quantitative estimate of drug-likeness (QED) is 0.839. The van der Waals surface area contributed by atoms with Crippen LogP contribution in [0.1, 0.15) is 18.2 Å². The van der Waals surface area contributed by atoms with Crippen molar-refractivity contribution < 1.29 is 8.42 Å². The van der Waals surface area contributed by atoms with Crippen molar-refractivity contribution in [3.63, 3.8) is 0 Å². The first kappa shape index (κ1) is 12.6. The number of hydrogen-bond donors (Lipinski definition) is 1. The van der Waals surface area contributed by atoms with Crippen molar-refractivity contribution in [3.05, 3.63) is 29.6 Å². The van der Waals surface area contributed by atoms with E-state index in [0.717, 1.165) is 5.56 Å². The van der Waals surface area contributed by atoms with Crippen molar-refractivity contribution in [2.24, 2.45) is 0 Å². The van der Waals surface area contributed by atoms with Crippen LogP contribution in [0.15, 0.2) is 18.3 Å². The van der Waals surface area contributed by atoms with E-state index in [2.05, 4.69) is 9.71 Å². The summed E-state index contributed by atoms with van der Waals surface area (Å²) >= 11 is 0. The smallest absolute Gasteiger partial charge is 0.228 e.